The summed E-state index contributed by atoms with van der Waals surface area (Å²) in [5, 5.41) is 3.64. The highest BCUT2D eigenvalue weighted by molar-refractivity contribution is 6.28. The van der Waals surface area contributed by atoms with Gasteiger partial charge in [-0.15, -0.1) is 0 Å². The van der Waals surface area contributed by atoms with Crippen molar-refractivity contribution in [1.82, 2.24) is 19.5 Å². The Morgan fingerprint density at radius 1 is 1.24 bits per heavy atom. The van der Waals surface area contributed by atoms with Gasteiger partial charge in [0.2, 0.25) is 5.28 Å². The van der Waals surface area contributed by atoms with Gasteiger partial charge >= 0.3 is 0 Å². The number of nitrogens with zero attached hydrogens (tertiary/aromatic N) is 4. The van der Waals surface area contributed by atoms with Crippen molar-refractivity contribution in [3.8, 4) is 0 Å². The second-order valence-electron chi connectivity index (χ2n) is 5.41. The van der Waals surface area contributed by atoms with Crippen molar-refractivity contribution in [2.75, 3.05) is 11.9 Å². The molecular formula is C15H24ClN5. The molecule has 1 N–H and O–H groups in total. The maximum absolute atomic E-state index is 6.00. The van der Waals surface area contributed by atoms with Gasteiger partial charge in [-0.25, -0.2) is 4.98 Å². The Kier molecular flexibility index (Phi) is 5.79. The lowest BCUT2D eigenvalue weighted by atomic mass is 10.2. The number of imidazole rings is 1. The summed E-state index contributed by atoms with van der Waals surface area (Å²) in [6.45, 7) is 7.44. The second-order valence-corrected chi connectivity index (χ2v) is 5.75. The summed E-state index contributed by atoms with van der Waals surface area (Å²) >= 11 is 6.00. The second kappa shape index (κ2) is 7.59. The number of hydrogen-bond donors (Lipinski definition) is 1. The topological polar surface area (TPSA) is 55.6 Å². The molecule has 116 valence electrons. The van der Waals surface area contributed by atoms with Crippen LogP contribution in [0.15, 0.2) is 6.33 Å². The lowest BCUT2D eigenvalue weighted by Gasteiger charge is -2.14. The molecule has 0 amide bonds. The molecule has 1 unspecified atom stereocenters. The molecular weight excluding hydrogens is 286 g/mol. The van der Waals surface area contributed by atoms with Crippen molar-refractivity contribution in [3.05, 3.63) is 11.6 Å². The van der Waals surface area contributed by atoms with E-state index in [-0.39, 0.29) is 5.28 Å². The van der Waals surface area contributed by atoms with E-state index in [1.165, 1.54) is 19.3 Å². The van der Waals surface area contributed by atoms with E-state index < -0.39 is 0 Å². The first-order valence-electron chi connectivity index (χ1n) is 7.81. The third-order valence-electron chi connectivity index (χ3n) is 3.79. The Bertz CT molecular complexity index is 581. The maximum Gasteiger partial charge on any atom is 0.226 e. The van der Waals surface area contributed by atoms with Crippen LogP contribution in [-0.2, 0) is 0 Å². The van der Waals surface area contributed by atoms with Gasteiger partial charge in [0.15, 0.2) is 11.5 Å². The molecule has 0 spiro atoms. The van der Waals surface area contributed by atoms with Crippen molar-refractivity contribution < 1.29 is 0 Å². The molecule has 2 heterocycles. The van der Waals surface area contributed by atoms with Crippen molar-refractivity contribution in [2.45, 2.75) is 58.9 Å². The quantitative estimate of drug-likeness (QED) is 0.578. The van der Waals surface area contributed by atoms with Gasteiger partial charge in [0.25, 0.3) is 0 Å². The molecule has 0 aliphatic heterocycles. The Morgan fingerprint density at radius 2 is 2.05 bits per heavy atom. The Labute approximate surface area is 131 Å². The first-order chi connectivity index (χ1) is 10.2. The van der Waals surface area contributed by atoms with Crippen molar-refractivity contribution in [2.24, 2.45) is 0 Å². The number of hydrogen-bond acceptors (Lipinski definition) is 4. The minimum atomic E-state index is 0.243. The number of anilines is 1. The van der Waals surface area contributed by atoms with Gasteiger partial charge in [-0.05, 0) is 31.4 Å². The first kappa shape index (κ1) is 16.0. The smallest absolute Gasteiger partial charge is 0.226 e. The molecule has 0 saturated heterocycles. The zero-order valence-electron chi connectivity index (χ0n) is 13.1. The van der Waals surface area contributed by atoms with E-state index in [2.05, 4.69) is 45.6 Å². The zero-order valence-corrected chi connectivity index (χ0v) is 13.8. The molecule has 0 bridgehead atoms. The maximum atomic E-state index is 6.00. The van der Waals surface area contributed by atoms with Gasteiger partial charge in [0.05, 0.1) is 6.33 Å². The third-order valence-corrected chi connectivity index (χ3v) is 3.96. The van der Waals surface area contributed by atoms with Crippen LogP contribution in [0.1, 0.15) is 58.9 Å². The largest absolute Gasteiger partial charge is 0.368 e. The lowest BCUT2D eigenvalue weighted by Crippen LogP contribution is -2.09. The molecule has 0 fully saturated rings. The van der Waals surface area contributed by atoms with Gasteiger partial charge in [0.1, 0.15) is 5.52 Å². The number of unbranched alkanes of at least 4 members (excludes halogenated alkanes) is 3. The van der Waals surface area contributed by atoms with Crippen LogP contribution >= 0.6 is 11.6 Å². The standard InChI is InChI=1S/C15H24ClN5/c1-4-6-7-8-9-17-13-12-14(20-15(16)19-13)18-10-21(12)11(3)5-2/h10-11H,4-9H2,1-3H3,(H,17,19,20). The Hall–Kier alpha value is -1.36. The summed E-state index contributed by atoms with van der Waals surface area (Å²) in [7, 11) is 0. The molecule has 1 atom stereocenters. The number of rotatable bonds is 8. The van der Waals surface area contributed by atoms with Crippen LogP contribution in [0.3, 0.4) is 0 Å². The summed E-state index contributed by atoms with van der Waals surface area (Å²) in [6.07, 6.45) is 7.73. The van der Waals surface area contributed by atoms with Crippen molar-refractivity contribution >= 4 is 28.6 Å². The van der Waals surface area contributed by atoms with Crippen LogP contribution in [-0.4, -0.2) is 26.1 Å². The van der Waals surface area contributed by atoms with E-state index in [1.54, 1.807) is 0 Å². The number of nitrogens with one attached hydrogen (secondary N) is 1. The summed E-state index contributed by atoms with van der Waals surface area (Å²) < 4.78 is 2.13. The summed E-state index contributed by atoms with van der Waals surface area (Å²) in [6, 6.07) is 0.361. The van der Waals surface area contributed by atoms with E-state index in [0.717, 1.165) is 30.7 Å². The van der Waals surface area contributed by atoms with Gasteiger partial charge in [0, 0.05) is 12.6 Å². The van der Waals surface area contributed by atoms with Crippen molar-refractivity contribution in [1.29, 1.82) is 0 Å². The van der Waals surface area contributed by atoms with Gasteiger partial charge in [-0.1, -0.05) is 33.1 Å². The molecule has 2 aromatic heterocycles. The van der Waals surface area contributed by atoms with Crippen LogP contribution < -0.4 is 5.32 Å². The first-order valence-corrected chi connectivity index (χ1v) is 8.19. The van der Waals surface area contributed by atoms with E-state index in [4.69, 9.17) is 11.6 Å². The van der Waals surface area contributed by atoms with Gasteiger partial charge in [-0.2, -0.15) is 9.97 Å². The normalized spacial score (nSPS) is 12.8. The number of halogens is 1. The average Bonchev–Trinajstić information content (AvgIpc) is 2.89. The Balaban J connectivity index is 2.21. The fourth-order valence-corrected chi connectivity index (χ4v) is 2.50. The highest BCUT2D eigenvalue weighted by atomic mass is 35.5. The zero-order chi connectivity index (χ0) is 15.2. The monoisotopic (exact) mass is 309 g/mol. The van der Waals surface area contributed by atoms with Crippen LogP contribution in [0.25, 0.3) is 11.2 Å². The molecule has 21 heavy (non-hydrogen) atoms. The molecule has 0 radical (unpaired) electrons. The van der Waals surface area contributed by atoms with Crippen LogP contribution in [0.2, 0.25) is 5.28 Å². The fourth-order valence-electron chi connectivity index (χ4n) is 2.33. The van der Waals surface area contributed by atoms with Gasteiger partial charge < -0.3 is 9.88 Å². The fraction of sp³-hybridized carbons (Fsp3) is 0.667. The summed E-state index contributed by atoms with van der Waals surface area (Å²) in [5.41, 5.74) is 1.61. The van der Waals surface area contributed by atoms with E-state index in [9.17, 15) is 0 Å². The Morgan fingerprint density at radius 3 is 2.76 bits per heavy atom. The molecule has 2 aromatic rings. The average molecular weight is 310 g/mol. The minimum absolute atomic E-state index is 0.243. The van der Waals surface area contributed by atoms with E-state index >= 15 is 0 Å². The molecule has 2 rings (SSSR count). The molecule has 0 aromatic carbocycles. The van der Waals surface area contributed by atoms with Gasteiger partial charge in [-0.3, -0.25) is 0 Å². The van der Waals surface area contributed by atoms with Crippen LogP contribution in [0.5, 0.6) is 0 Å². The molecule has 6 heteroatoms. The van der Waals surface area contributed by atoms with E-state index in [1.807, 2.05) is 6.33 Å². The predicted octanol–water partition coefficient (Wildman–Crippen LogP) is 4.44. The van der Waals surface area contributed by atoms with Crippen molar-refractivity contribution in [3.63, 3.8) is 0 Å². The molecule has 0 aliphatic carbocycles. The molecule has 0 aliphatic rings. The van der Waals surface area contributed by atoms with E-state index in [0.29, 0.717) is 11.7 Å². The third kappa shape index (κ3) is 3.84. The summed E-state index contributed by atoms with van der Waals surface area (Å²) in [5.74, 6) is 0.791. The SMILES string of the molecule is CCCCCCNc1nc(Cl)nc2ncn(C(C)CC)c12. The number of aromatic nitrogens is 4. The molecule has 0 saturated carbocycles. The predicted molar refractivity (Wildman–Crippen MR) is 88.0 cm³/mol. The lowest BCUT2D eigenvalue weighted by molar-refractivity contribution is 0.544. The van der Waals surface area contributed by atoms with Crippen LogP contribution in [0.4, 0.5) is 5.82 Å². The molecule has 5 nitrogen and oxygen atoms in total. The summed E-state index contributed by atoms with van der Waals surface area (Å²) in [4.78, 5) is 12.9. The van der Waals surface area contributed by atoms with Crippen LogP contribution in [0, 0.1) is 0 Å². The highest BCUT2D eigenvalue weighted by Crippen LogP contribution is 2.25. The number of fused-ring (bicyclic) bond motifs is 1. The minimum Gasteiger partial charge on any atom is -0.368 e. The highest BCUT2D eigenvalue weighted by Gasteiger charge is 2.15.